The van der Waals surface area contributed by atoms with Crippen LogP contribution < -0.4 is 4.43 Å². The van der Waals surface area contributed by atoms with E-state index in [4.69, 9.17) is 16.0 Å². The molecule has 0 aromatic carbocycles. The average molecular weight is 326 g/mol. The summed E-state index contributed by atoms with van der Waals surface area (Å²) in [6, 6.07) is 3.94. The second kappa shape index (κ2) is 5.28. The summed E-state index contributed by atoms with van der Waals surface area (Å²) in [6.07, 6.45) is 0. The van der Waals surface area contributed by atoms with Gasteiger partial charge in [0.1, 0.15) is 5.15 Å². The monoisotopic (exact) mass is 325 g/mol. The molecule has 2 rings (SSSR count). The van der Waals surface area contributed by atoms with Gasteiger partial charge in [-0.05, 0) is 44.1 Å². The van der Waals surface area contributed by atoms with Gasteiger partial charge in [0.15, 0.2) is 5.65 Å². The van der Waals surface area contributed by atoms with Crippen LogP contribution in [0.5, 0.6) is 5.88 Å². The van der Waals surface area contributed by atoms with Crippen LogP contribution in [0, 0.1) is 0 Å². The van der Waals surface area contributed by atoms with Crippen molar-refractivity contribution in [2.45, 2.75) is 58.8 Å². The van der Waals surface area contributed by atoms with Crippen LogP contribution in [0.15, 0.2) is 12.1 Å². The van der Waals surface area contributed by atoms with Crippen molar-refractivity contribution in [2.75, 3.05) is 0 Å². The molecule has 2 heterocycles. The average Bonchev–Trinajstić information content (AvgIpc) is 2.65. The van der Waals surface area contributed by atoms with Crippen molar-refractivity contribution in [3.8, 4) is 5.88 Å². The third-order valence-electron chi connectivity index (χ3n) is 4.13. The minimum absolute atomic E-state index is 0.130. The summed E-state index contributed by atoms with van der Waals surface area (Å²) < 4.78 is 8.42. The summed E-state index contributed by atoms with van der Waals surface area (Å²) >= 11 is 5.97. The molecule has 0 amide bonds. The zero-order chi connectivity index (χ0) is 16.0. The Morgan fingerprint density at radius 3 is 2.38 bits per heavy atom. The molecular weight excluding hydrogens is 302 g/mol. The van der Waals surface area contributed by atoms with E-state index < -0.39 is 8.32 Å². The van der Waals surface area contributed by atoms with Crippen LogP contribution in [0.25, 0.3) is 11.0 Å². The first-order valence-electron chi connectivity index (χ1n) is 7.27. The lowest BCUT2D eigenvalue weighted by Crippen LogP contribution is -2.44. The molecule has 0 aliphatic heterocycles. The maximum Gasteiger partial charge on any atom is 0.252 e. The SMILES string of the molecule is CC(C)n1nc2nc(Cl)ccc2c1O[Si](C)(C)C(C)(C)C. The minimum atomic E-state index is -1.94. The summed E-state index contributed by atoms with van der Waals surface area (Å²) in [5, 5.41) is 6.07. The van der Waals surface area contributed by atoms with E-state index in [9.17, 15) is 0 Å². The molecule has 0 atom stereocenters. The molecule has 0 bridgehead atoms. The van der Waals surface area contributed by atoms with Crippen LogP contribution in [0.3, 0.4) is 0 Å². The van der Waals surface area contributed by atoms with Gasteiger partial charge in [0, 0.05) is 0 Å². The smallest absolute Gasteiger partial charge is 0.252 e. The number of hydrogen-bond acceptors (Lipinski definition) is 3. The Balaban J connectivity index is 2.59. The Hall–Kier alpha value is -1.07. The molecule has 4 nitrogen and oxygen atoms in total. The molecule has 0 spiro atoms. The maximum atomic E-state index is 6.51. The van der Waals surface area contributed by atoms with Crippen LogP contribution in [0.1, 0.15) is 40.7 Å². The van der Waals surface area contributed by atoms with Crippen LogP contribution in [0.4, 0.5) is 0 Å². The molecule has 0 aliphatic carbocycles. The molecule has 116 valence electrons. The standard InChI is InChI=1S/C15H24ClN3OSi/c1-10(2)19-14(20-21(6,7)15(3,4)5)11-8-9-12(16)17-13(11)18-19/h8-10H,1-7H3. The minimum Gasteiger partial charge on any atom is -0.530 e. The Bertz CT molecular complexity index is 659. The Morgan fingerprint density at radius 1 is 1.24 bits per heavy atom. The third kappa shape index (κ3) is 3.08. The molecule has 0 unspecified atom stereocenters. The van der Waals surface area contributed by atoms with Gasteiger partial charge < -0.3 is 4.43 Å². The number of pyridine rings is 1. The number of hydrogen-bond donors (Lipinski definition) is 0. The number of rotatable bonds is 3. The number of aromatic nitrogens is 3. The fraction of sp³-hybridized carbons (Fsp3) is 0.600. The van der Waals surface area contributed by atoms with Crippen molar-refractivity contribution in [3.63, 3.8) is 0 Å². The maximum absolute atomic E-state index is 6.51. The first-order chi connectivity index (χ1) is 9.53. The zero-order valence-corrected chi connectivity index (χ0v) is 15.6. The van der Waals surface area contributed by atoms with Crippen molar-refractivity contribution in [1.82, 2.24) is 14.8 Å². The Kier molecular flexibility index (Phi) is 4.10. The van der Waals surface area contributed by atoms with E-state index in [0.717, 1.165) is 11.3 Å². The molecular formula is C15H24ClN3OSi. The summed E-state index contributed by atoms with van der Waals surface area (Å²) in [5.41, 5.74) is 0.643. The number of nitrogens with zero attached hydrogens (tertiary/aromatic N) is 3. The lowest BCUT2D eigenvalue weighted by Gasteiger charge is -2.36. The molecule has 2 aromatic heterocycles. The van der Waals surface area contributed by atoms with Crippen molar-refractivity contribution < 1.29 is 4.43 Å². The van der Waals surface area contributed by atoms with Crippen LogP contribution in [-0.4, -0.2) is 23.1 Å². The molecule has 0 aliphatic rings. The third-order valence-corrected chi connectivity index (χ3v) is 8.66. The fourth-order valence-corrected chi connectivity index (χ4v) is 2.92. The van der Waals surface area contributed by atoms with Crippen molar-refractivity contribution in [2.24, 2.45) is 0 Å². The van der Waals surface area contributed by atoms with Gasteiger partial charge in [-0.25, -0.2) is 9.67 Å². The molecule has 6 heteroatoms. The second-order valence-electron chi connectivity index (χ2n) is 7.21. The number of fused-ring (bicyclic) bond motifs is 1. The van der Waals surface area contributed by atoms with Crippen molar-refractivity contribution in [3.05, 3.63) is 17.3 Å². The van der Waals surface area contributed by atoms with Crippen molar-refractivity contribution >= 4 is 31.0 Å². The second-order valence-corrected chi connectivity index (χ2v) is 12.3. The van der Waals surface area contributed by atoms with Crippen LogP contribution in [0.2, 0.25) is 23.3 Å². The molecule has 0 N–H and O–H groups in total. The molecule has 0 radical (unpaired) electrons. The van der Waals surface area contributed by atoms with Crippen LogP contribution in [-0.2, 0) is 0 Å². The summed E-state index contributed by atoms with van der Waals surface area (Å²) in [6.45, 7) is 15.3. The highest BCUT2D eigenvalue weighted by Crippen LogP contribution is 2.39. The molecule has 0 saturated heterocycles. The van der Waals surface area contributed by atoms with Gasteiger partial charge >= 0.3 is 0 Å². The molecule has 21 heavy (non-hydrogen) atoms. The van der Waals surface area contributed by atoms with E-state index in [1.165, 1.54) is 0 Å². The Labute approximate surface area is 132 Å². The van der Waals surface area contributed by atoms with E-state index >= 15 is 0 Å². The van der Waals surface area contributed by atoms with Gasteiger partial charge in [-0.1, -0.05) is 32.4 Å². The van der Waals surface area contributed by atoms with Gasteiger partial charge in [-0.15, -0.1) is 5.10 Å². The molecule has 2 aromatic rings. The highest BCUT2D eigenvalue weighted by molar-refractivity contribution is 6.74. The van der Waals surface area contributed by atoms with Gasteiger partial charge in [0.05, 0.1) is 11.4 Å². The van der Waals surface area contributed by atoms with E-state index in [1.807, 2.05) is 10.7 Å². The van der Waals surface area contributed by atoms with Crippen LogP contribution >= 0.6 is 11.6 Å². The zero-order valence-electron chi connectivity index (χ0n) is 13.9. The lowest BCUT2D eigenvalue weighted by molar-refractivity contribution is 0.409. The highest BCUT2D eigenvalue weighted by Gasteiger charge is 2.40. The van der Waals surface area contributed by atoms with Gasteiger partial charge in [-0.2, -0.15) is 0 Å². The van der Waals surface area contributed by atoms with E-state index in [1.54, 1.807) is 6.07 Å². The first kappa shape index (κ1) is 16.3. The molecule has 0 fully saturated rings. The highest BCUT2D eigenvalue weighted by atomic mass is 35.5. The van der Waals surface area contributed by atoms with E-state index in [0.29, 0.717) is 10.8 Å². The predicted octanol–water partition coefficient (Wildman–Crippen LogP) is 5.05. The Morgan fingerprint density at radius 2 is 1.86 bits per heavy atom. The quantitative estimate of drug-likeness (QED) is 0.585. The summed E-state index contributed by atoms with van der Waals surface area (Å²) in [7, 11) is -1.94. The largest absolute Gasteiger partial charge is 0.530 e. The number of halogens is 1. The predicted molar refractivity (Wildman–Crippen MR) is 90.7 cm³/mol. The lowest BCUT2D eigenvalue weighted by atomic mass is 10.2. The fourth-order valence-electron chi connectivity index (χ4n) is 1.79. The van der Waals surface area contributed by atoms with E-state index in [-0.39, 0.29) is 11.1 Å². The van der Waals surface area contributed by atoms with Gasteiger partial charge in [0.25, 0.3) is 8.32 Å². The van der Waals surface area contributed by atoms with Gasteiger partial charge in [-0.3, -0.25) is 0 Å². The summed E-state index contributed by atoms with van der Waals surface area (Å²) in [4.78, 5) is 4.30. The van der Waals surface area contributed by atoms with E-state index in [2.05, 4.69) is 57.8 Å². The molecule has 0 saturated carbocycles. The normalized spacial score (nSPS) is 13.2. The van der Waals surface area contributed by atoms with Gasteiger partial charge in [0.2, 0.25) is 5.88 Å². The van der Waals surface area contributed by atoms with Crippen molar-refractivity contribution in [1.29, 1.82) is 0 Å². The first-order valence-corrected chi connectivity index (χ1v) is 10.6. The summed E-state index contributed by atoms with van der Waals surface area (Å²) in [5.74, 6) is 0.816. The topological polar surface area (TPSA) is 39.9 Å².